The van der Waals surface area contributed by atoms with Crippen LogP contribution in [0.4, 0.5) is 0 Å². The Bertz CT molecular complexity index is 468. The summed E-state index contributed by atoms with van der Waals surface area (Å²) in [5.41, 5.74) is 1.09. The van der Waals surface area contributed by atoms with Gasteiger partial charge in [-0.25, -0.2) is 4.98 Å². The molecule has 0 radical (unpaired) electrons. The molecule has 4 nitrogen and oxygen atoms in total. The molecule has 1 aliphatic carbocycles. The standard InChI is InChI=1S/C14H22N2O2/c1-4-18-14(8-6-5-7-9-14)13-15-11(3)10(2)12(17)16-13/h4-9H2,1-3H3,(H,15,16,17). The first-order valence-electron chi connectivity index (χ1n) is 6.81. The van der Waals surface area contributed by atoms with Crippen LogP contribution in [0, 0.1) is 13.8 Å². The van der Waals surface area contributed by atoms with E-state index in [4.69, 9.17) is 4.74 Å². The summed E-state index contributed by atoms with van der Waals surface area (Å²) >= 11 is 0. The lowest BCUT2D eigenvalue weighted by molar-refractivity contribution is -0.0769. The molecule has 4 heteroatoms. The maximum atomic E-state index is 11.9. The van der Waals surface area contributed by atoms with Gasteiger partial charge in [0.15, 0.2) is 0 Å². The van der Waals surface area contributed by atoms with E-state index in [0.717, 1.165) is 37.2 Å². The summed E-state index contributed by atoms with van der Waals surface area (Å²) in [7, 11) is 0. The highest BCUT2D eigenvalue weighted by Gasteiger charge is 2.37. The van der Waals surface area contributed by atoms with Crippen molar-refractivity contribution in [2.75, 3.05) is 6.61 Å². The molecule has 18 heavy (non-hydrogen) atoms. The molecule has 1 aliphatic rings. The molecule has 100 valence electrons. The largest absolute Gasteiger partial charge is 0.367 e. The fourth-order valence-corrected chi connectivity index (χ4v) is 2.71. The second kappa shape index (κ2) is 5.22. The van der Waals surface area contributed by atoms with Crippen molar-refractivity contribution in [2.45, 2.75) is 58.5 Å². The predicted octanol–water partition coefficient (Wildman–Crippen LogP) is 2.58. The van der Waals surface area contributed by atoms with E-state index in [1.54, 1.807) is 6.92 Å². The molecule has 1 fully saturated rings. The molecule has 0 atom stereocenters. The van der Waals surface area contributed by atoms with Crippen molar-refractivity contribution >= 4 is 0 Å². The number of aryl methyl sites for hydroxylation is 1. The summed E-state index contributed by atoms with van der Waals surface area (Å²) < 4.78 is 5.97. The van der Waals surface area contributed by atoms with Crippen molar-refractivity contribution in [2.24, 2.45) is 0 Å². The molecule has 0 aromatic carbocycles. The molecule has 0 bridgehead atoms. The molecule has 0 amide bonds. The summed E-state index contributed by atoms with van der Waals surface area (Å²) in [5.74, 6) is 0.720. The van der Waals surface area contributed by atoms with Gasteiger partial charge in [0.1, 0.15) is 11.4 Å². The number of nitrogens with zero attached hydrogens (tertiary/aromatic N) is 1. The number of nitrogens with one attached hydrogen (secondary N) is 1. The Hall–Kier alpha value is -1.16. The summed E-state index contributed by atoms with van der Waals surface area (Å²) in [6, 6.07) is 0. The van der Waals surface area contributed by atoms with E-state index in [-0.39, 0.29) is 11.2 Å². The Morgan fingerprint density at radius 1 is 1.28 bits per heavy atom. The van der Waals surface area contributed by atoms with Crippen LogP contribution < -0.4 is 5.56 Å². The lowest BCUT2D eigenvalue weighted by Gasteiger charge is -2.36. The third-order valence-electron chi connectivity index (χ3n) is 3.91. The van der Waals surface area contributed by atoms with Crippen LogP contribution in [0.25, 0.3) is 0 Å². The van der Waals surface area contributed by atoms with Gasteiger partial charge in [0.05, 0.1) is 0 Å². The third-order valence-corrected chi connectivity index (χ3v) is 3.91. The van der Waals surface area contributed by atoms with Crippen LogP contribution in [0.3, 0.4) is 0 Å². The van der Waals surface area contributed by atoms with E-state index >= 15 is 0 Å². The fourth-order valence-electron chi connectivity index (χ4n) is 2.71. The van der Waals surface area contributed by atoms with Gasteiger partial charge in [-0.05, 0) is 33.6 Å². The maximum Gasteiger partial charge on any atom is 0.254 e. The van der Waals surface area contributed by atoms with Gasteiger partial charge in [-0.2, -0.15) is 0 Å². The maximum absolute atomic E-state index is 11.9. The van der Waals surface area contributed by atoms with Crippen LogP contribution in [0.5, 0.6) is 0 Å². The molecule has 1 aromatic heterocycles. The lowest BCUT2D eigenvalue weighted by Crippen LogP contribution is -2.37. The van der Waals surface area contributed by atoms with Crippen molar-refractivity contribution in [3.63, 3.8) is 0 Å². The van der Waals surface area contributed by atoms with Crippen LogP contribution in [0.15, 0.2) is 4.79 Å². The molecule has 1 saturated carbocycles. The topological polar surface area (TPSA) is 55.0 Å². The molecule has 1 N–H and O–H groups in total. The SMILES string of the molecule is CCOC1(c2nc(C)c(C)c(=O)[nH]2)CCCCC1. The van der Waals surface area contributed by atoms with Crippen LogP contribution in [0.1, 0.15) is 56.1 Å². The van der Waals surface area contributed by atoms with Crippen LogP contribution >= 0.6 is 0 Å². The normalized spacial score (nSPS) is 18.8. The van der Waals surface area contributed by atoms with Gasteiger partial charge in [-0.15, -0.1) is 0 Å². The number of hydrogen-bond acceptors (Lipinski definition) is 3. The van der Waals surface area contributed by atoms with Crippen molar-refractivity contribution in [1.82, 2.24) is 9.97 Å². The molecule has 0 unspecified atom stereocenters. The minimum atomic E-state index is -0.370. The van der Waals surface area contributed by atoms with E-state index in [1.807, 2.05) is 13.8 Å². The monoisotopic (exact) mass is 250 g/mol. The fraction of sp³-hybridized carbons (Fsp3) is 0.714. The van der Waals surface area contributed by atoms with Gasteiger partial charge in [0, 0.05) is 17.9 Å². The van der Waals surface area contributed by atoms with E-state index in [2.05, 4.69) is 9.97 Å². The Kier molecular flexibility index (Phi) is 3.85. The van der Waals surface area contributed by atoms with Gasteiger partial charge >= 0.3 is 0 Å². The highest BCUT2D eigenvalue weighted by molar-refractivity contribution is 5.17. The second-order valence-electron chi connectivity index (χ2n) is 5.11. The molecule has 0 saturated heterocycles. The first kappa shape index (κ1) is 13.3. The average Bonchev–Trinajstić information content (AvgIpc) is 2.37. The van der Waals surface area contributed by atoms with Gasteiger partial charge in [0.25, 0.3) is 5.56 Å². The smallest absolute Gasteiger partial charge is 0.254 e. The highest BCUT2D eigenvalue weighted by Crippen LogP contribution is 2.38. The number of hydrogen-bond donors (Lipinski definition) is 1. The highest BCUT2D eigenvalue weighted by atomic mass is 16.5. The number of H-pyrrole nitrogens is 1. The average molecular weight is 250 g/mol. The molecular weight excluding hydrogens is 228 g/mol. The minimum Gasteiger partial charge on any atom is -0.367 e. The summed E-state index contributed by atoms with van der Waals surface area (Å²) in [5, 5.41) is 0. The molecule has 2 rings (SSSR count). The van der Waals surface area contributed by atoms with Gasteiger partial charge < -0.3 is 9.72 Å². The number of aromatic nitrogens is 2. The predicted molar refractivity (Wildman–Crippen MR) is 70.7 cm³/mol. The molecular formula is C14H22N2O2. The number of ether oxygens (including phenoxy) is 1. The molecule has 1 aromatic rings. The van der Waals surface area contributed by atoms with Crippen LogP contribution in [-0.2, 0) is 10.3 Å². The van der Waals surface area contributed by atoms with Gasteiger partial charge in [0.2, 0.25) is 0 Å². The molecule has 0 aliphatic heterocycles. The van der Waals surface area contributed by atoms with E-state index in [9.17, 15) is 4.79 Å². The Labute approximate surface area is 108 Å². The molecule has 0 spiro atoms. The van der Waals surface area contributed by atoms with E-state index in [0.29, 0.717) is 12.2 Å². The zero-order chi connectivity index (χ0) is 13.2. The zero-order valence-corrected chi connectivity index (χ0v) is 11.5. The van der Waals surface area contributed by atoms with Crippen molar-refractivity contribution in [3.8, 4) is 0 Å². The Balaban J connectivity index is 2.45. The van der Waals surface area contributed by atoms with E-state index < -0.39 is 0 Å². The van der Waals surface area contributed by atoms with Gasteiger partial charge in [-0.1, -0.05) is 19.3 Å². The molecule has 1 heterocycles. The quantitative estimate of drug-likeness (QED) is 0.897. The number of aromatic amines is 1. The summed E-state index contributed by atoms with van der Waals surface area (Å²) in [6.45, 7) is 6.34. The minimum absolute atomic E-state index is 0.0397. The Morgan fingerprint density at radius 2 is 1.94 bits per heavy atom. The summed E-state index contributed by atoms with van der Waals surface area (Å²) in [4.78, 5) is 19.4. The van der Waals surface area contributed by atoms with E-state index in [1.165, 1.54) is 6.42 Å². The van der Waals surface area contributed by atoms with Crippen molar-refractivity contribution < 1.29 is 4.74 Å². The van der Waals surface area contributed by atoms with Crippen molar-refractivity contribution in [3.05, 3.63) is 27.4 Å². The van der Waals surface area contributed by atoms with Crippen molar-refractivity contribution in [1.29, 1.82) is 0 Å². The lowest BCUT2D eigenvalue weighted by atomic mass is 9.83. The third kappa shape index (κ3) is 2.34. The first-order valence-corrected chi connectivity index (χ1v) is 6.81. The first-order chi connectivity index (χ1) is 8.59. The second-order valence-corrected chi connectivity index (χ2v) is 5.11. The summed E-state index contributed by atoms with van der Waals surface area (Å²) in [6.07, 6.45) is 5.41. The van der Waals surface area contributed by atoms with Crippen LogP contribution in [0.2, 0.25) is 0 Å². The Morgan fingerprint density at radius 3 is 2.50 bits per heavy atom. The zero-order valence-electron chi connectivity index (χ0n) is 11.5. The van der Waals surface area contributed by atoms with Crippen LogP contribution in [-0.4, -0.2) is 16.6 Å². The van der Waals surface area contributed by atoms with Gasteiger partial charge in [-0.3, -0.25) is 4.79 Å². The number of rotatable bonds is 3.